The minimum Gasteiger partial charge on any atom is -0.381 e. The first kappa shape index (κ1) is 23.3. The highest BCUT2D eigenvalue weighted by atomic mass is 127. The average Bonchev–Trinajstić information content (AvgIpc) is 3.27. The third kappa shape index (κ3) is 5.64. The Bertz CT molecular complexity index is 730. The number of benzene rings is 1. The van der Waals surface area contributed by atoms with Crippen molar-refractivity contribution >= 4 is 41.5 Å². The Kier molecular flexibility index (Phi) is 8.76. The number of carbonyl (C=O) groups is 1. The van der Waals surface area contributed by atoms with Crippen LogP contribution in [0.3, 0.4) is 0 Å². The predicted octanol–water partition coefficient (Wildman–Crippen LogP) is 1.81. The highest BCUT2D eigenvalue weighted by molar-refractivity contribution is 14.0. The number of hydrogen-bond donors (Lipinski definition) is 1. The maximum absolute atomic E-state index is 12.9. The molecule has 30 heavy (non-hydrogen) atoms. The quantitative estimate of drug-likeness (QED) is 0.368. The second-order valence-electron chi connectivity index (χ2n) is 8.20. The molecule has 1 aromatic carbocycles. The third-order valence-corrected chi connectivity index (χ3v) is 6.23. The van der Waals surface area contributed by atoms with Crippen LogP contribution in [-0.4, -0.2) is 87.7 Å². The number of para-hydroxylation sites is 1. The Morgan fingerprint density at radius 1 is 1.20 bits per heavy atom. The number of fused-ring (bicyclic) bond motifs is 1. The van der Waals surface area contributed by atoms with Gasteiger partial charge in [-0.15, -0.1) is 24.0 Å². The van der Waals surface area contributed by atoms with Crippen molar-refractivity contribution < 1.29 is 9.53 Å². The summed E-state index contributed by atoms with van der Waals surface area (Å²) in [6.07, 6.45) is 3.25. The monoisotopic (exact) mass is 527 g/mol. The first-order valence-corrected chi connectivity index (χ1v) is 10.9. The van der Waals surface area contributed by atoms with Gasteiger partial charge in [-0.1, -0.05) is 18.2 Å². The molecular weight excluding hydrogens is 493 g/mol. The molecule has 0 aliphatic carbocycles. The highest BCUT2D eigenvalue weighted by Crippen LogP contribution is 2.26. The van der Waals surface area contributed by atoms with Crippen LogP contribution in [0.2, 0.25) is 0 Å². The number of hydrogen-bond acceptors (Lipinski definition) is 4. The van der Waals surface area contributed by atoms with Gasteiger partial charge in [0.1, 0.15) is 0 Å². The minimum atomic E-state index is 0. The Labute approximate surface area is 196 Å². The molecule has 1 N–H and O–H groups in total. The lowest BCUT2D eigenvalue weighted by atomic mass is 10.0. The van der Waals surface area contributed by atoms with Gasteiger partial charge in [0.15, 0.2) is 5.96 Å². The van der Waals surface area contributed by atoms with E-state index in [1.807, 2.05) is 17.0 Å². The van der Waals surface area contributed by atoms with Gasteiger partial charge in [0.05, 0.1) is 13.2 Å². The van der Waals surface area contributed by atoms with Crippen LogP contribution in [0.4, 0.5) is 5.69 Å². The number of halogens is 1. The molecule has 4 rings (SSSR count). The average molecular weight is 527 g/mol. The molecule has 7 nitrogen and oxygen atoms in total. The topological polar surface area (TPSA) is 60.4 Å². The Morgan fingerprint density at radius 2 is 2.00 bits per heavy atom. The number of aryl methyl sites for hydroxylation is 1. The van der Waals surface area contributed by atoms with Gasteiger partial charge >= 0.3 is 0 Å². The zero-order valence-corrected chi connectivity index (χ0v) is 20.2. The standard InChI is InChI=1S/C22H33N5O2.HI/c1-23-22(26-12-10-25(11-13-26)16-18-8-14-29-17-18)24-15-21(28)27-9-4-6-19-5-2-3-7-20(19)27;/h2-3,5,7,18H,4,6,8-17H2,1H3,(H,23,24);1H. The number of aliphatic imine (C=N–C) groups is 1. The van der Waals surface area contributed by atoms with E-state index in [-0.39, 0.29) is 36.4 Å². The van der Waals surface area contributed by atoms with E-state index in [0.717, 1.165) is 77.0 Å². The lowest BCUT2D eigenvalue weighted by Gasteiger charge is -2.37. The number of nitrogens with zero attached hydrogens (tertiary/aromatic N) is 4. The molecule has 1 amide bonds. The smallest absolute Gasteiger partial charge is 0.246 e. The van der Waals surface area contributed by atoms with Crippen LogP contribution in [0, 0.1) is 5.92 Å². The number of guanidine groups is 1. The van der Waals surface area contributed by atoms with Crippen molar-refractivity contribution in [2.24, 2.45) is 10.9 Å². The molecule has 2 fully saturated rings. The molecule has 0 bridgehead atoms. The second-order valence-corrected chi connectivity index (χ2v) is 8.20. The van der Waals surface area contributed by atoms with Crippen molar-refractivity contribution in [3.8, 4) is 0 Å². The molecule has 3 aliphatic rings. The molecule has 8 heteroatoms. The maximum Gasteiger partial charge on any atom is 0.246 e. The third-order valence-electron chi connectivity index (χ3n) is 6.23. The SMILES string of the molecule is CN=C(NCC(=O)N1CCCc2ccccc21)N1CCN(CC2CCOC2)CC1.I. The fraction of sp³-hybridized carbons (Fsp3) is 0.636. The molecule has 1 atom stereocenters. The molecule has 0 spiro atoms. The zero-order chi connectivity index (χ0) is 20.1. The van der Waals surface area contributed by atoms with E-state index in [4.69, 9.17) is 4.74 Å². The van der Waals surface area contributed by atoms with E-state index >= 15 is 0 Å². The number of amides is 1. The largest absolute Gasteiger partial charge is 0.381 e. The molecule has 166 valence electrons. The first-order valence-electron chi connectivity index (χ1n) is 10.9. The predicted molar refractivity (Wildman–Crippen MR) is 131 cm³/mol. The van der Waals surface area contributed by atoms with Crippen LogP contribution in [-0.2, 0) is 16.0 Å². The van der Waals surface area contributed by atoms with Gasteiger partial charge in [0, 0.05) is 58.6 Å². The number of piperazine rings is 1. The van der Waals surface area contributed by atoms with Crippen molar-refractivity contribution in [3.05, 3.63) is 29.8 Å². The van der Waals surface area contributed by atoms with Crippen molar-refractivity contribution in [2.75, 3.05) is 71.0 Å². The number of nitrogens with one attached hydrogen (secondary N) is 1. The summed E-state index contributed by atoms with van der Waals surface area (Å²) in [7, 11) is 1.80. The first-order chi connectivity index (χ1) is 14.2. The number of ether oxygens (including phenoxy) is 1. The van der Waals surface area contributed by atoms with Crippen molar-refractivity contribution in [1.29, 1.82) is 0 Å². The van der Waals surface area contributed by atoms with E-state index in [9.17, 15) is 4.79 Å². The van der Waals surface area contributed by atoms with Crippen LogP contribution in [0.25, 0.3) is 0 Å². The van der Waals surface area contributed by atoms with Gasteiger partial charge in [-0.3, -0.25) is 14.7 Å². The highest BCUT2D eigenvalue weighted by Gasteiger charge is 2.25. The molecule has 3 aliphatic heterocycles. The van der Waals surface area contributed by atoms with Gasteiger partial charge in [-0.25, -0.2) is 0 Å². The molecule has 0 saturated carbocycles. The maximum atomic E-state index is 12.9. The van der Waals surface area contributed by atoms with Crippen LogP contribution >= 0.6 is 24.0 Å². The molecule has 3 heterocycles. The molecule has 2 saturated heterocycles. The van der Waals surface area contributed by atoms with E-state index in [1.165, 1.54) is 12.0 Å². The van der Waals surface area contributed by atoms with Crippen molar-refractivity contribution in [1.82, 2.24) is 15.1 Å². The van der Waals surface area contributed by atoms with E-state index in [0.29, 0.717) is 5.92 Å². The van der Waals surface area contributed by atoms with Crippen LogP contribution in [0.5, 0.6) is 0 Å². The Morgan fingerprint density at radius 3 is 2.73 bits per heavy atom. The van der Waals surface area contributed by atoms with E-state index < -0.39 is 0 Å². The molecule has 0 radical (unpaired) electrons. The fourth-order valence-electron chi connectivity index (χ4n) is 4.61. The summed E-state index contributed by atoms with van der Waals surface area (Å²) in [6, 6.07) is 8.23. The fourth-order valence-corrected chi connectivity index (χ4v) is 4.61. The summed E-state index contributed by atoms with van der Waals surface area (Å²) in [5, 5.41) is 3.30. The van der Waals surface area contributed by atoms with Gasteiger partial charge in [0.2, 0.25) is 5.91 Å². The van der Waals surface area contributed by atoms with Crippen molar-refractivity contribution in [3.63, 3.8) is 0 Å². The summed E-state index contributed by atoms with van der Waals surface area (Å²) in [5.74, 6) is 1.62. The van der Waals surface area contributed by atoms with E-state index in [2.05, 4.69) is 32.2 Å². The normalized spacial score (nSPS) is 22.4. The van der Waals surface area contributed by atoms with Gasteiger partial charge < -0.3 is 19.9 Å². The van der Waals surface area contributed by atoms with Crippen LogP contribution in [0.15, 0.2) is 29.3 Å². The summed E-state index contributed by atoms with van der Waals surface area (Å²) < 4.78 is 5.50. The van der Waals surface area contributed by atoms with Crippen LogP contribution in [0.1, 0.15) is 18.4 Å². The Balaban J connectivity index is 0.00000256. The number of rotatable bonds is 4. The number of carbonyl (C=O) groups excluding carboxylic acids is 1. The summed E-state index contributed by atoms with van der Waals surface area (Å²) in [6.45, 7) is 7.96. The summed E-state index contributed by atoms with van der Waals surface area (Å²) in [4.78, 5) is 24.0. The van der Waals surface area contributed by atoms with E-state index in [1.54, 1.807) is 7.05 Å². The second kappa shape index (κ2) is 11.3. The van der Waals surface area contributed by atoms with Crippen LogP contribution < -0.4 is 10.2 Å². The molecular formula is C22H34IN5O2. The molecule has 0 aromatic heterocycles. The van der Waals surface area contributed by atoms with Gasteiger partial charge in [-0.2, -0.15) is 0 Å². The lowest BCUT2D eigenvalue weighted by Crippen LogP contribution is -2.54. The molecule has 1 aromatic rings. The minimum absolute atomic E-state index is 0. The summed E-state index contributed by atoms with van der Waals surface area (Å²) >= 11 is 0. The van der Waals surface area contributed by atoms with Gasteiger partial charge in [0.25, 0.3) is 0 Å². The lowest BCUT2D eigenvalue weighted by molar-refractivity contribution is -0.117. The van der Waals surface area contributed by atoms with Gasteiger partial charge in [-0.05, 0) is 36.8 Å². The zero-order valence-electron chi connectivity index (χ0n) is 17.9. The Hall–Kier alpha value is -1.39. The summed E-state index contributed by atoms with van der Waals surface area (Å²) in [5.41, 5.74) is 2.32. The van der Waals surface area contributed by atoms with Crippen molar-refractivity contribution in [2.45, 2.75) is 19.3 Å². The molecule has 1 unspecified atom stereocenters. The number of anilines is 1.